The highest BCUT2D eigenvalue weighted by atomic mass is 16.5. The van der Waals surface area contributed by atoms with Crippen LogP contribution in [0.25, 0.3) is 0 Å². The smallest absolute Gasteiger partial charge is 0.378 e. The van der Waals surface area contributed by atoms with Crippen LogP contribution in [0.2, 0.25) is 0 Å². The number of carbonyl (C=O) groups excluding carboxylic acids is 2. The third kappa shape index (κ3) is 3.39. The topological polar surface area (TPSA) is 66.8 Å². The van der Waals surface area contributed by atoms with Crippen LogP contribution >= 0.6 is 0 Å². The summed E-state index contributed by atoms with van der Waals surface area (Å²) < 4.78 is 4.18. The summed E-state index contributed by atoms with van der Waals surface area (Å²) in [6, 6.07) is 8.84. The summed E-state index contributed by atoms with van der Waals surface area (Å²) in [6.45, 7) is 0.146. The van der Waals surface area contributed by atoms with Crippen LogP contribution in [0.15, 0.2) is 30.3 Å². The van der Waals surface area contributed by atoms with Crippen LogP contribution in [0.5, 0.6) is 0 Å². The molecule has 1 amide bonds. The van der Waals surface area contributed by atoms with Gasteiger partial charge in [-0.25, -0.2) is 0 Å². The van der Waals surface area contributed by atoms with Gasteiger partial charge in [0.25, 0.3) is 0 Å². The Morgan fingerprint density at radius 1 is 1.35 bits per heavy atom. The van der Waals surface area contributed by atoms with Crippen molar-refractivity contribution in [3.63, 3.8) is 0 Å². The normalized spacial score (nSPS) is 21.8. The predicted molar refractivity (Wildman–Crippen MR) is 72.7 cm³/mol. The summed E-state index contributed by atoms with van der Waals surface area (Å²) >= 11 is 0. The molecule has 1 N–H and O–H groups in total. The van der Waals surface area contributed by atoms with E-state index >= 15 is 0 Å². The van der Waals surface area contributed by atoms with Crippen LogP contribution in [-0.2, 0) is 20.7 Å². The molecule has 2 radical (unpaired) electrons. The molecule has 1 fully saturated rings. The lowest BCUT2D eigenvalue weighted by Gasteiger charge is -2.22. The van der Waals surface area contributed by atoms with E-state index in [1.807, 2.05) is 30.3 Å². The van der Waals surface area contributed by atoms with Crippen molar-refractivity contribution in [1.82, 2.24) is 4.90 Å². The number of hydrogen-bond donors (Lipinski definition) is 1. The number of rotatable bonds is 4. The second kappa shape index (κ2) is 6.57. The Morgan fingerprint density at radius 2 is 2.05 bits per heavy atom. The van der Waals surface area contributed by atoms with E-state index in [4.69, 9.17) is 8.05 Å². The van der Waals surface area contributed by atoms with Crippen molar-refractivity contribution in [3.05, 3.63) is 35.9 Å². The van der Waals surface area contributed by atoms with E-state index in [0.29, 0.717) is 6.42 Å². The Labute approximate surface area is 119 Å². The maximum absolute atomic E-state index is 12.2. The van der Waals surface area contributed by atoms with Crippen molar-refractivity contribution in [2.24, 2.45) is 0 Å². The molecule has 1 aliphatic heterocycles. The maximum atomic E-state index is 12.2. The second-order valence-corrected chi connectivity index (χ2v) is 4.87. The molecule has 104 valence electrons. The second-order valence-electron chi connectivity index (χ2n) is 4.87. The first-order valence-electron chi connectivity index (χ1n) is 6.54. The molecule has 1 aromatic carbocycles. The highest BCUT2D eigenvalue weighted by Gasteiger charge is 2.38. The molecule has 0 aliphatic carbocycles. The van der Waals surface area contributed by atoms with Gasteiger partial charge in [0, 0.05) is 19.4 Å². The lowest BCUT2D eigenvalue weighted by Crippen LogP contribution is -2.41. The monoisotopic (exact) mass is 273 g/mol. The van der Waals surface area contributed by atoms with Crippen LogP contribution in [0.4, 0.5) is 0 Å². The van der Waals surface area contributed by atoms with Gasteiger partial charge in [-0.1, -0.05) is 30.3 Å². The average Bonchev–Trinajstić information content (AvgIpc) is 2.87. The van der Waals surface area contributed by atoms with Crippen molar-refractivity contribution in [2.45, 2.75) is 31.4 Å². The van der Waals surface area contributed by atoms with E-state index in [1.165, 1.54) is 4.90 Å². The summed E-state index contributed by atoms with van der Waals surface area (Å²) in [4.78, 5) is 25.0. The van der Waals surface area contributed by atoms with Crippen LogP contribution in [-0.4, -0.2) is 48.6 Å². The highest BCUT2D eigenvalue weighted by Crippen LogP contribution is 2.20. The Morgan fingerprint density at radius 3 is 2.70 bits per heavy atom. The Balaban J connectivity index is 1.95. The average molecular weight is 273 g/mol. The number of aliphatic hydroxyl groups is 1. The lowest BCUT2D eigenvalue weighted by atomic mass is 10.1. The molecule has 1 saturated heterocycles. The molecule has 1 aliphatic rings. The molecule has 0 unspecified atom stereocenters. The van der Waals surface area contributed by atoms with Crippen molar-refractivity contribution in [2.75, 3.05) is 6.54 Å². The molecule has 0 aromatic heterocycles. The standard InChI is InChI=1S/C14H16BNO4/c15-20-14(19)12-8-11(17)9-16(12)13(18)7-6-10-4-2-1-3-5-10/h1-5,11-12,17H,6-9H2/t11-,12+/m1/s1. The highest BCUT2D eigenvalue weighted by molar-refractivity contribution is 6.06. The lowest BCUT2D eigenvalue weighted by molar-refractivity contribution is -0.145. The van der Waals surface area contributed by atoms with Gasteiger partial charge in [-0.15, -0.1) is 0 Å². The van der Waals surface area contributed by atoms with Gasteiger partial charge in [0.1, 0.15) is 6.04 Å². The fourth-order valence-electron chi connectivity index (χ4n) is 2.43. The molecular formula is C14H16BNO4. The number of carbonyl (C=O) groups is 2. The number of amides is 1. The van der Waals surface area contributed by atoms with Gasteiger partial charge in [0.05, 0.1) is 6.10 Å². The number of β-amino-alcohol motifs (C(OH)–C–C–N with tert-alkyl or cyclic N) is 1. The van der Waals surface area contributed by atoms with E-state index in [9.17, 15) is 14.7 Å². The van der Waals surface area contributed by atoms with Crippen LogP contribution in [0.1, 0.15) is 18.4 Å². The Hall–Kier alpha value is -1.82. The van der Waals surface area contributed by atoms with Gasteiger partial charge in [-0.3, -0.25) is 9.59 Å². The van der Waals surface area contributed by atoms with Crippen LogP contribution < -0.4 is 0 Å². The minimum Gasteiger partial charge on any atom is -0.542 e. The third-order valence-corrected chi connectivity index (χ3v) is 3.46. The van der Waals surface area contributed by atoms with E-state index in [2.05, 4.69) is 4.65 Å². The Bertz CT molecular complexity index is 479. The molecule has 0 spiro atoms. The zero-order valence-electron chi connectivity index (χ0n) is 11.1. The van der Waals surface area contributed by atoms with Crippen molar-refractivity contribution in [1.29, 1.82) is 0 Å². The zero-order valence-corrected chi connectivity index (χ0v) is 11.1. The number of nitrogens with zero attached hydrogens (tertiary/aromatic N) is 1. The fourth-order valence-corrected chi connectivity index (χ4v) is 2.43. The Kier molecular flexibility index (Phi) is 4.79. The van der Waals surface area contributed by atoms with Crippen LogP contribution in [0, 0.1) is 0 Å². The van der Waals surface area contributed by atoms with E-state index < -0.39 is 18.1 Å². The van der Waals surface area contributed by atoms with Crippen molar-refractivity contribution < 1.29 is 19.3 Å². The van der Waals surface area contributed by atoms with Gasteiger partial charge >= 0.3 is 14.0 Å². The largest absolute Gasteiger partial charge is 0.542 e. The molecule has 2 rings (SSSR count). The first kappa shape index (κ1) is 14.6. The molecule has 20 heavy (non-hydrogen) atoms. The summed E-state index contributed by atoms with van der Waals surface area (Å²) in [5.74, 6) is -0.865. The van der Waals surface area contributed by atoms with Gasteiger partial charge in [0.15, 0.2) is 0 Å². The SMILES string of the molecule is [B]OC(=O)[C@@H]1C[C@@H](O)CN1C(=O)CCc1ccccc1. The summed E-state index contributed by atoms with van der Waals surface area (Å²) in [7, 11) is 4.86. The number of likely N-dealkylation sites (tertiary alicyclic amines) is 1. The number of aliphatic hydroxyl groups excluding tert-OH is 1. The predicted octanol–water partition coefficient (Wildman–Crippen LogP) is 0.208. The van der Waals surface area contributed by atoms with E-state index in [-0.39, 0.29) is 25.3 Å². The molecule has 5 nitrogen and oxygen atoms in total. The summed E-state index contributed by atoms with van der Waals surface area (Å²) in [6.07, 6.45) is 0.342. The summed E-state index contributed by atoms with van der Waals surface area (Å²) in [5.41, 5.74) is 1.05. The van der Waals surface area contributed by atoms with Gasteiger partial charge in [-0.05, 0) is 12.0 Å². The van der Waals surface area contributed by atoms with Crippen molar-refractivity contribution >= 4 is 19.9 Å². The van der Waals surface area contributed by atoms with Gasteiger partial charge in [-0.2, -0.15) is 0 Å². The van der Waals surface area contributed by atoms with E-state index in [0.717, 1.165) is 5.56 Å². The van der Waals surface area contributed by atoms with E-state index in [1.54, 1.807) is 0 Å². The maximum Gasteiger partial charge on any atom is 0.378 e. The first-order valence-corrected chi connectivity index (χ1v) is 6.54. The number of aryl methyl sites for hydroxylation is 1. The molecular weight excluding hydrogens is 257 g/mol. The van der Waals surface area contributed by atoms with Gasteiger partial charge < -0.3 is 14.7 Å². The fraction of sp³-hybridized carbons (Fsp3) is 0.429. The molecule has 0 bridgehead atoms. The summed E-state index contributed by atoms with van der Waals surface area (Å²) in [5, 5.41) is 9.61. The third-order valence-electron chi connectivity index (χ3n) is 3.46. The minimum absolute atomic E-state index is 0.146. The van der Waals surface area contributed by atoms with Crippen LogP contribution in [0.3, 0.4) is 0 Å². The molecule has 6 heteroatoms. The minimum atomic E-state index is -0.779. The molecule has 0 saturated carbocycles. The number of benzene rings is 1. The van der Waals surface area contributed by atoms with Crippen molar-refractivity contribution in [3.8, 4) is 0 Å². The molecule has 1 aromatic rings. The van der Waals surface area contributed by atoms with Gasteiger partial charge in [0.2, 0.25) is 5.91 Å². The zero-order chi connectivity index (χ0) is 14.5. The number of hydrogen-bond acceptors (Lipinski definition) is 4. The molecule has 1 heterocycles. The molecule has 2 atom stereocenters. The quantitative estimate of drug-likeness (QED) is 0.796. The first-order chi connectivity index (χ1) is 9.61.